The number of nitro benzene ring substituents is 1. The molecule has 7 nitrogen and oxygen atoms in total. The van der Waals surface area contributed by atoms with E-state index in [4.69, 9.17) is 20.8 Å². The van der Waals surface area contributed by atoms with Crippen molar-refractivity contribution in [2.75, 3.05) is 0 Å². The van der Waals surface area contributed by atoms with Crippen molar-refractivity contribution in [2.45, 2.75) is 13.3 Å². The summed E-state index contributed by atoms with van der Waals surface area (Å²) in [5.41, 5.74) is 1.56. The molecule has 0 aliphatic heterocycles. The average Bonchev–Trinajstić information content (AvgIpc) is 3.20. The van der Waals surface area contributed by atoms with Crippen LogP contribution in [0, 0.1) is 17.0 Å². The first-order valence-electron chi connectivity index (χ1n) is 8.49. The second-order valence-electron chi connectivity index (χ2n) is 6.28. The van der Waals surface area contributed by atoms with Gasteiger partial charge in [0.25, 0.3) is 10.9 Å². The van der Waals surface area contributed by atoms with Crippen LogP contribution in [0.2, 0.25) is 5.02 Å². The molecule has 0 aliphatic rings. The number of thiazole rings is 1. The van der Waals surface area contributed by atoms with Crippen molar-refractivity contribution in [1.82, 2.24) is 4.98 Å². The number of hydrogen-bond acceptors (Lipinski definition) is 7. The van der Waals surface area contributed by atoms with Crippen molar-refractivity contribution >= 4 is 39.6 Å². The summed E-state index contributed by atoms with van der Waals surface area (Å²) >= 11 is 7.67. The van der Waals surface area contributed by atoms with Crippen LogP contribution in [0.4, 0.5) is 5.69 Å². The van der Waals surface area contributed by atoms with Crippen LogP contribution < -0.4 is 10.4 Å². The van der Waals surface area contributed by atoms with Crippen LogP contribution in [-0.4, -0.2) is 9.91 Å². The third-order valence-electron chi connectivity index (χ3n) is 4.45. The van der Waals surface area contributed by atoms with Crippen molar-refractivity contribution in [2.24, 2.45) is 0 Å². The van der Waals surface area contributed by atoms with E-state index in [0.717, 1.165) is 0 Å². The van der Waals surface area contributed by atoms with Gasteiger partial charge in [0, 0.05) is 47.1 Å². The van der Waals surface area contributed by atoms with Crippen LogP contribution in [0.1, 0.15) is 16.7 Å². The van der Waals surface area contributed by atoms with Crippen molar-refractivity contribution in [3.8, 4) is 10.9 Å². The van der Waals surface area contributed by atoms with E-state index in [1.54, 1.807) is 42.8 Å². The monoisotopic (exact) mass is 428 g/mol. The summed E-state index contributed by atoms with van der Waals surface area (Å²) in [6.45, 7) is 1.80. The van der Waals surface area contributed by atoms with Crippen LogP contribution in [0.5, 0.6) is 10.9 Å². The van der Waals surface area contributed by atoms with Gasteiger partial charge in [0.15, 0.2) is 5.75 Å². The topological polar surface area (TPSA) is 95.5 Å². The lowest BCUT2D eigenvalue weighted by Gasteiger charge is -2.10. The molecule has 0 bridgehead atoms. The second kappa shape index (κ2) is 7.65. The number of aromatic nitrogens is 1. The number of nitro groups is 1. The minimum atomic E-state index is -0.510. The number of halogens is 1. The average molecular weight is 429 g/mol. The molecule has 0 spiro atoms. The Morgan fingerprint density at radius 2 is 2.14 bits per heavy atom. The van der Waals surface area contributed by atoms with Crippen LogP contribution in [0.3, 0.4) is 0 Å². The van der Waals surface area contributed by atoms with Gasteiger partial charge in [-0.05, 0) is 24.1 Å². The molecule has 0 saturated heterocycles. The molecule has 4 rings (SSSR count). The number of nitrogens with zero attached hydrogens (tertiary/aromatic N) is 2. The number of non-ortho nitro benzene ring substituents is 1. The Kier molecular flexibility index (Phi) is 5.04. The molecule has 0 atom stereocenters. The number of hydrogen-bond donors (Lipinski definition) is 0. The third kappa shape index (κ3) is 3.85. The molecule has 146 valence electrons. The Bertz CT molecular complexity index is 1280. The molecule has 0 radical (unpaired) electrons. The summed E-state index contributed by atoms with van der Waals surface area (Å²) < 4.78 is 11.1. The second-order valence-corrected chi connectivity index (χ2v) is 7.54. The van der Waals surface area contributed by atoms with Gasteiger partial charge < -0.3 is 9.15 Å². The first kappa shape index (κ1) is 19.1. The lowest BCUT2D eigenvalue weighted by Crippen LogP contribution is -2.11. The summed E-state index contributed by atoms with van der Waals surface area (Å²) in [5, 5.41) is 14.2. The first-order chi connectivity index (χ1) is 13.9. The van der Waals surface area contributed by atoms with E-state index >= 15 is 0 Å². The number of ether oxygens (including phenoxy) is 1. The highest BCUT2D eigenvalue weighted by Gasteiger charge is 2.16. The molecule has 4 aromatic rings. The lowest BCUT2D eigenvalue weighted by atomic mass is 9.99. The van der Waals surface area contributed by atoms with Gasteiger partial charge in [-0.2, -0.15) is 0 Å². The molecule has 9 heteroatoms. The van der Waals surface area contributed by atoms with Gasteiger partial charge in [-0.15, -0.1) is 0 Å². The van der Waals surface area contributed by atoms with Gasteiger partial charge >= 0.3 is 5.63 Å². The van der Waals surface area contributed by atoms with Gasteiger partial charge in [-0.1, -0.05) is 35.1 Å². The molecule has 2 aromatic carbocycles. The Balaban J connectivity index is 1.76. The highest BCUT2D eigenvalue weighted by molar-refractivity contribution is 7.11. The van der Waals surface area contributed by atoms with Gasteiger partial charge in [-0.3, -0.25) is 10.1 Å². The molecule has 0 fully saturated rings. The Morgan fingerprint density at radius 3 is 2.86 bits per heavy atom. The molecule has 0 N–H and O–H groups in total. The lowest BCUT2D eigenvalue weighted by molar-refractivity contribution is -0.384. The number of benzene rings is 2. The summed E-state index contributed by atoms with van der Waals surface area (Å²) in [4.78, 5) is 27.2. The Hall–Kier alpha value is -3.23. The molecular weight excluding hydrogens is 416 g/mol. The van der Waals surface area contributed by atoms with Crippen molar-refractivity contribution in [1.29, 1.82) is 0 Å². The van der Waals surface area contributed by atoms with Crippen LogP contribution in [0.25, 0.3) is 11.0 Å². The quantitative estimate of drug-likeness (QED) is 0.236. The van der Waals surface area contributed by atoms with Crippen LogP contribution in [-0.2, 0) is 6.42 Å². The van der Waals surface area contributed by atoms with E-state index in [9.17, 15) is 14.9 Å². The number of rotatable bonds is 5. The van der Waals surface area contributed by atoms with Gasteiger partial charge in [0.1, 0.15) is 5.58 Å². The van der Waals surface area contributed by atoms with Crippen LogP contribution in [0.15, 0.2) is 57.2 Å². The van der Waals surface area contributed by atoms with E-state index in [1.165, 1.54) is 23.5 Å². The van der Waals surface area contributed by atoms with Gasteiger partial charge in [0.05, 0.1) is 9.95 Å². The zero-order chi connectivity index (χ0) is 20.5. The summed E-state index contributed by atoms with van der Waals surface area (Å²) in [7, 11) is 0. The molecule has 0 amide bonds. The highest BCUT2D eigenvalue weighted by Crippen LogP contribution is 2.35. The maximum Gasteiger partial charge on any atom is 0.340 e. The van der Waals surface area contributed by atoms with E-state index < -0.39 is 10.5 Å². The van der Waals surface area contributed by atoms with E-state index in [0.29, 0.717) is 43.6 Å². The van der Waals surface area contributed by atoms with Gasteiger partial charge in [-0.25, -0.2) is 9.78 Å². The van der Waals surface area contributed by atoms with E-state index in [-0.39, 0.29) is 12.1 Å². The highest BCUT2D eigenvalue weighted by atomic mass is 35.5. The minimum absolute atomic E-state index is 0.0302. The maximum atomic E-state index is 12.6. The molecule has 0 aliphatic carbocycles. The maximum absolute atomic E-state index is 12.6. The fourth-order valence-corrected chi connectivity index (χ4v) is 3.71. The SMILES string of the molecule is Cc1c(Cc2cccc([N+](=O)[O-])c2)c(=O)oc2cc(Oc3nccs3)c(Cl)cc12. The zero-order valence-electron chi connectivity index (χ0n) is 15.0. The summed E-state index contributed by atoms with van der Waals surface area (Å²) in [6.07, 6.45) is 1.82. The van der Waals surface area contributed by atoms with Gasteiger partial charge in [0.2, 0.25) is 0 Å². The third-order valence-corrected chi connectivity index (χ3v) is 5.39. The first-order valence-corrected chi connectivity index (χ1v) is 9.74. The fraction of sp³-hybridized carbons (Fsp3) is 0.100. The van der Waals surface area contributed by atoms with Crippen molar-refractivity contribution < 1.29 is 14.1 Å². The standard InChI is InChI=1S/C20H13ClN2O5S/c1-11-14-9-16(21)18(28-20-22-5-6-29-20)10-17(14)27-19(24)15(11)8-12-3-2-4-13(7-12)23(25)26/h2-7,9-10H,8H2,1H3. The fourth-order valence-electron chi connectivity index (χ4n) is 3.01. The van der Waals surface area contributed by atoms with E-state index in [1.807, 2.05) is 0 Å². The molecule has 2 heterocycles. The summed E-state index contributed by atoms with van der Waals surface area (Å²) in [5.74, 6) is 0.336. The number of aryl methyl sites for hydroxylation is 1. The smallest absolute Gasteiger partial charge is 0.340 e. The van der Waals surface area contributed by atoms with E-state index in [2.05, 4.69) is 4.98 Å². The molecular formula is C20H13ClN2O5S. The number of fused-ring (bicyclic) bond motifs is 1. The summed E-state index contributed by atoms with van der Waals surface area (Å²) in [6, 6.07) is 9.40. The minimum Gasteiger partial charge on any atom is -0.429 e. The zero-order valence-corrected chi connectivity index (χ0v) is 16.6. The largest absolute Gasteiger partial charge is 0.429 e. The van der Waals surface area contributed by atoms with Crippen molar-refractivity contribution in [3.63, 3.8) is 0 Å². The predicted molar refractivity (Wildman–Crippen MR) is 110 cm³/mol. The normalized spacial score (nSPS) is 11.0. The van der Waals surface area contributed by atoms with Crippen molar-refractivity contribution in [3.05, 3.63) is 90.2 Å². The molecule has 29 heavy (non-hydrogen) atoms. The molecule has 0 unspecified atom stereocenters. The molecule has 0 saturated carbocycles. The molecule has 2 aromatic heterocycles. The Labute approximate surface area is 173 Å². The Morgan fingerprint density at radius 1 is 1.31 bits per heavy atom. The predicted octanol–water partition coefficient (Wildman–Crippen LogP) is 5.50. The van der Waals surface area contributed by atoms with Crippen LogP contribution >= 0.6 is 22.9 Å².